The fraction of sp³-hybridized carbons (Fsp3) is 0.600. The first-order chi connectivity index (χ1) is 4.39. The van der Waals surface area contributed by atoms with Crippen LogP contribution in [0.1, 0.15) is 13.3 Å². The standard InChI is InChI=1S/C5H5F5/c1-2-3(4(6)7)5(8,9)10/h2H2,1H3. The summed E-state index contributed by atoms with van der Waals surface area (Å²) in [7, 11) is 0. The molecule has 0 aliphatic heterocycles. The Kier molecular flexibility index (Phi) is 2.80. The Balaban J connectivity index is 4.55. The lowest BCUT2D eigenvalue weighted by Gasteiger charge is -2.06. The second kappa shape index (κ2) is 2.98. The summed E-state index contributed by atoms with van der Waals surface area (Å²) in [6.07, 6.45) is -8.21. The van der Waals surface area contributed by atoms with Crippen molar-refractivity contribution in [3.63, 3.8) is 0 Å². The van der Waals surface area contributed by atoms with E-state index in [4.69, 9.17) is 0 Å². The van der Waals surface area contributed by atoms with Gasteiger partial charge in [0.1, 0.15) is 0 Å². The van der Waals surface area contributed by atoms with Gasteiger partial charge in [-0.25, -0.2) is 0 Å². The van der Waals surface area contributed by atoms with Gasteiger partial charge >= 0.3 is 6.18 Å². The lowest BCUT2D eigenvalue weighted by Crippen LogP contribution is -2.11. The van der Waals surface area contributed by atoms with Crippen LogP contribution in [0.3, 0.4) is 0 Å². The molecule has 0 nitrogen and oxygen atoms in total. The molecule has 0 aliphatic rings. The quantitative estimate of drug-likeness (QED) is 0.517. The summed E-state index contributed by atoms with van der Waals surface area (Å²) in [6, 6.07) is 0. The third-order valence-corrected chi connectivity index (χ3v) is 0.924. The van der Waals surface area contributed by atoms with Gasteiger partial charge in [0.05, 0.1) is 5.57 Å². The van der Waals surface area contributed by atoms with Crippen LogP contribution in [0.5, 0.6) is 0 Å². The van der Waals surface area contributed by atoms with E-state index in [2.05, 4.69) is 0 Å². The molecule has 0 aromatic carbocycles. The van der Waals surface area contributed by atoms with Gasteiger partial charge in [-0.15, -0.1) is 0 Å². The van der Waals surface area contributed by atoms with Gasteiger partial charge in [0.2, 0.25) is 0 Å². The van der Waals surface area contributed by atoms with Crippen LogP contribution in [0.2, 0.25) is 0 Å². The molecule has 0 radical (unpaired) electrons. The summed E-state index contributed by atoms with van der Waals surface area (Å²) in [5.74, 6) is 0. The summed E-state index contributed by atoms with van der Waals surface area (Å²) in [5, 5.41) is 0. The molecule has 0 aromatic heterocycles. The van der Waals surface area contributed by atoms with Crippen LogP contribution < -0.4 is 0 Å². The minimum absolute atomic E-state index is 0.689. The minimum atomic E-state index is -4.88. The largest absolute Gasteiger partial charge is 0.417 e. The molecule has 0 N–H and O–H groups in total. The van der Waals surface area contributed by atoms with E-state index < -0.39 is 24.3 Å². The van der Waals surface area contributed by atoms with Crippen LogP contribution >= 0.6 is 0 Å². The molecular weight excluding hydrogens is 155 g/mol. The molecule has 5 heteroatoms. The highest BCUT2D eigenvalue weighted by Crippen LogP contribution is 2.31. The molecule has 0 atom stereocenters. The van der Waals surface area contributed by atoms with Crippen LogP contribution in [0.4, 0.5) is 22.0 Å². The van der Waals surface area contributed by atoms with Crippen LogP contribution in [0.15, 0.2) is 11.7 Å². The highest BCUT2D eigenvalue weighted by atomic mass is 19.4. The molecule has 0 saturated heterocycles. The molecule has 0 saturated carbocycles. The lowest BCUT2D eigenvalue weighted by atomic mass is 10.2. The van der Waals surface area contributed by atoms with E-state index in [0.29, 0.717) is 0 Å². The van der Waals surface area contributed by atoms with Gasteiger partial charge in [-0.2, -0.15) is 22.0 Å². The van der Waals surface area contributed by atoms with E-state index in [-0.39, 0.29) is 0 Å². The summed E-state index contributed by atoms with van der Waals surface area (Å²) in [6.45, 7) is 1.03. The fourth-order valence-corrected chi connectivity index (χ4v) is 0.441. The van der Waals surface area contributed by atoms with Crippen molar-refractivity contribution < 1.29 is 22.0 Å². The second-order valence-corrected chi connectivity index (χ2v) is 1.59. The van der Waals surface area contributed by atoms with Crippen molar-refractivity contribution in [2.45, 2.75) is 19.5 Å². The Morgan fingerprint density at radius 2 is 1.60 bits per heavy atom. The maximum Gasteiger partial charge on any atom is 0.417 e. The van der Waals surface area contributed by atoms with Gasteiger partial charge in [-0.1, -0.05) is 6.92 Å². The highest BCUT2D eigenvalue weighted by Gasteiger charge is 2.35. The third kappa shape index (κ3) is 2.33. The van der Waals surface area contributed by atoms with Crippen LogP contribution in [-0.4, -0.2) is 6.18 Å². The monoisotopic (exact) mass is 160 g/mol. The van der Waals surface area contributed by atoms with E-state index >= 15 is 0 Å². The van der Waals surface area contributed by atoms with Crippen molar-refractivity contribution in [2.75, 3.05) is 0 Å². The first-order valence-corrected chi connectivity index (χ1v) is 2.51. The number of alkyl halides is 3. The Labute approximate surface area is 54.3 Å². The van der Waals surface area contributed by atoms with Crippen molar-refractivity contribution in [1.82, 2.24) is 0 Å². The van der Waals surface area contributed by atoms with E-state index in [1.165, 1.54) is 0 Å². The number of rotatable bonds is 1. The van der Waals surface area contributed by atoms with Crippen LogP contribution in [0.25, 0.3) is 0 Å². The fourth-order valence-electron chi connectivity index (χ4n) is 0.441. The van der Waals surface area contributed by atoms with Crippen LogP contribution in [-0.2, 0) is 0 Å². The summed E-state index contributed by atoms with van der Waals surface area (Å²) >= 11 is 0. The normalized spacial score (nSPS) is 11.4. The Morgan fingerprint density at radius 3 is 1.60 bits per heavy atom. The van der Waals surface area contributed by atoms with E-state index in [0.717, 1.165) is 6.92 Å². The van der Waals surface area contributed by atoms with Gasteiger partial charge < -0.3 is 0 Å². The molecule has 0 rings (SSSR count). The Morgan fingerprint density at radius 1 is 1.20 bits per heavy atom. The predicted octanol–water partition coefficient (Wildman–Crippen LogP) is 3.11. The maximum absolute atomic E-state index is 11.4. The smallest absolute Gasteiger partial charge is 0.173 e. The molecule has 0 unspecified atom stereocenters. The van der Waals surface area contributed by atoms with Gasteiger partial charge in [-0.3, -0.25) is 0 Å². The van der Waals surface area contributed by atoms with E-state index in [1.807, 2.05) is 0 Å². The molecule has 0 spiro atoms. The Bertz CT molecular complexity index is 139. The van der Waals surface area contributed by atoms with Crippen LogP contribution in [0, 0.1) is 0 Å². The first kappa shape index (κ1) is 9.39. The highest BCUT2D eigenvalue weighted by molar-refractivity contribution is 5.08. The second-order valence-electron chi connectivity index (χ2n) is 1.59. The average Bonchev–Trinajstić information content (AvgIpc) is 1.60. The van der Waals surface area contributed by atoms with Gasteiger partial charge in [0, 0.05) is 0 Å². The van der Waals surface area contributed by atoms with E-state index in [1.54, 1.807) is 0 Å². The topological polar surface area (TPSA) is 0 Å². The molecule has 0 aliphatic carbocycles. The van der Waals surface area contributed by atoms with Crippen molar-refractivity contribution in [3.05, 3.63) is 11.7 Å². The lowest BCUT2D eigenvalue weighted by molar-refractivity contribution is -0.0971. The molecule has 0 amide bonds. The van der Waals surface area contributed by atoms with Gasteiger partial charge in [0.15, 0.2) is 0 Å². The van der Waals surface area contributed by atoms with E-state index in [9.17, 15) is 22.0 Å². The van der Waals surface area contributed by atoms with Crippen molar-refractivity contribution >= 4 is 0 Å². The minimum Gasteiger partial charge on any atom is -0.173 e. The summed E-state index contributed by atoms with van der Waals surface area (Å²) in [4.78, 5) is 0. The molecule has 0 bridgehead atoms. The maximum atomic E-state index is 11.4. The zero-order chi connectivity index (χ0) is 8.36. The number of allylic oxidation sites excluding steroid dienone is 1. The number of hydrogen-bond donors (Lipinski definition) is 0. The summed E-state index contributed by atoms with van der Waals surface area (Å²) in [5.41, 5.74) is -1.74. The predicted molar refractivity (Wildman–Crippen MR) is 25.6 cm³/mol. The van der Waals surface area contributed by atoms with Crippen molar-refractivity contribution in [3.8, 4) is 0 Å². The zero-order valence-electron chi connectivity index (χ0n) is 5.10. The average molecular weight is 160 g/mol. The van der Waals surface area contributed by atoms with Crippen molar-refractivity contribution in [1.29, 1.82) is 0 Å². The molecule has 10 heavy (non-hydrogen) atoms. The summed E-state index contributed by atoms with van der Waals surface area (Å²) < 4.78 is 57.0. The molecular formula is C5H5F5. The first-order valence-electron chi connectivity index (χ1n) is 2.51. The molecule has 0 aromatic rings. The molecule has 0 heterocycles. The van der Waals surface area contributed by atoms with Crippen molar-refractivity contribution in [2.24, 2.45) is 0 Å². The SMILES string of the molecule is CCC(=C(F)F)C(F)(F)F. The number of hydrogen-bond acceptors (Lipinski definition) is 0. The molecule has 60 valence electrons. The third-order valence-electron chi connectivity index (χ3n) is 0.924. The number of halogens is 5. The van der Waals surface area contributed by atoms with Gasteiger partial charge in [0.25, 0.3) is 6.08 Å². The van der Waals surface area contributed by atoms with Gasteiger partial charge in [-0.05, 0) is 6.42 Å². The zero-order valence-corrected chi connectivity index (χ0v) is 5.10. The molecule has 0 fully saturated rings. The Hall–Kier alpha value is -0.610.